The summed E-state index contributed by atoms with van der Waals surface area (Å²) in [5.74, 6) is -0.150. The number of carbonyl (C=O) groups excluding carboxylic acids is 1. The highest BCUT2D eigenvalue weighted by Gasteiger charge is 2.32. The third kappa shape index (κ3) is 5.80. The number of carbonyl (C=O) groups is 1. The lowest BCUT2D eigenvalue weighted by Crippen LogP contribution is -2.41. The maximum atomic E-state index is 13.2. The van der Waals surface area contributed by atoms with Crippen molar-refractivity contribution in [1.82, 2.24) is 5.32 Å². The largest absolute Gasteiger partial charge is 0.497 e. The first-order chi connectivity index (χ1) is 12.8. The van der Waals surface area contributed by atoms with Crippen LogP contribution >= 0.6 is 0 Å². The maximum Gasteiger partial charge on any atom is 0.217 e. The predicted octanol–water partition coefficient (Wildman–Crippen LogP) is 2.49. The fourth-order valence-corrected chi connectivity index (χ4v) is 4.72. The van der Waals surface area contributed by atoms with Crippen LogP contribution in [-0.2, 0) is 21.2 Å². The van der Waals surface area contributed by atoms with Crippen molar-refractivity contribution in [3.63, 3.8) is 0 Å². The maximum absolute atomic E-state index is 13.2. The van der Waals surface area contributed by atoms with Gasteiger partial charge in [-0.2, -0.15) is 0 Å². The zero-order chi connectivity index (χ0) is 19.9. The lowest BCUT2D eigenvalue weighted by atomic mass is 10.0. The summed E-state index contributed by atoms with van der Waals surface area (Å²) in [5, 5.41) is 2.31. The van der Waals surface area contributed by atoms with Crippen LogP contribution in [-0.4, -0.2) is 26.8 Å². The van der Waals surface area contributed by atoms with E-state index in [0.29, 0.717) is 18.7 Å². The van der Waals surface area contributed by atoms with Gasteiger partial charge in [-0.3, -0.25) is 10.1 Å². The van der Waals surface area contributed by atoms with E-state index in [9.17, 15) is 13.2 Å². The van der Waals surface area contributed by atoms with Crippen molar-refractivity contribution in [2.45, 2.75) is 36.6 Å². The summed E-state index contributed by atoms with van der Waals surface area (Å²) in [6, 6.07) is 15.9. The molecule has 6 nitrogen and oxygen atoms in total. The second kappa shape index (κ2) is 9.53. The first-order valence-electron chi connectivity index (χ1n) is 8.78. The van der Waals surface area contributed by atoms with E-state index in [2.05, 4.69) is 5.32 Å². The predicted molar refractivity (Wildman–Crippen MR) is 105 cm³/mol. The molecule has 146 valence electrons. The number of rotatable bonds is 10. The van der Waals surface area contributed by atoms with E-state index in [1.807, 2.05) is 37.3 Å². The van der Waals surface area contributed by atoms with Crippen molar-refractivity contribution in [2.24, 2.45) is 11.7 Å². The number of hydrogen-bond donors (Lipinski definition) is 2. The van der Waals surface area contributed by atoms with Gasteiger partial charge in [0.05, 0.1) is 12.0 Å². The van der Waals surface area contributed by atoms with Crippen molar-refractivity contribution in [1.29, 1.82) is 0 Å². The Hall–Kier alpha value is -2.38. The molecule has 2 rings (SSSR count). The van der Waals surface area contributed by atoms with Crippen molar-refractivity contribution in [3.8, 4) is 5.75 Å². The average molecular weight is 391 g/mol. The molecule has 0 fully saturated rings. The molecule has 0 saturated heterocycles. The van der Waals surface area contributed by atoms with Crippen LogP contribution in [0.5, 0.6) is 5.75 Å². The average Bonchev–Trinajstić information content (AvgIpc) is 2.67. The van der Waals surface area contributed by atoms with Gasteiger partial charge in [0.25, 0.3) is 0 Å². The summed E-state index contributed by atoms with van der Waals surface area (Å²) in [6.45, 7) is 2.22. The van der Waals surface area contributed by atoms with E-state index in [4.69, 9.17) is 10.5 Å². The van der Waals surface area contributed by atoms with Gasteiger partial charge in [-0.25, -0.2) is 8.42 Å². The summed E-state index contributed by atoms with van der Waals surface area (Å²) in [5.41, 5.74) is 6.22. The molecule has 0 bridgehead atoms. The molecule has 1 amide bonds. The summed E-state index contributed by atoms with van der Waals surface area (Å²) in [4.78, 5) is 11.3. The van der Waals surface area contributed by atoms with Gasteiger partial charge >= 0.3 is 0 Å². The van der Waals surface area contributed by atoms with E-state index < -0.39 is 21.1 Å². The highest BCUT2D eigenvalue weighted by Crippen LogP contribution is 2.25. The Morgan fingerprint density at radius 3 is 2.30 bits per heavy atom. The molecule has 0 aliphatic heterocycles. The molecule has 2 atom stereocenters. The van der Waals surface area contributed by atoms with Gasteiger partial charge in [-0.05, 0) is 42.2 Å². The molecule has 3 N–H and O–H groups in total. The minimum Gasteiger partial charge on any atom is -0.497 e. The van der Waals surface area contributed by atoms with Crippen molar-refractivity contribution >= 4 is 15.7 Å². The van der Waals surface area contributed by atoms with Crippen LogP contribution < -0.4 is 15.8 Å². The highest BCUT2D eigenvalue weighted by atomic mass is 32.2. The fraction of sp³-hybridized carbons (Fsp3) is 0.350. The molecule has 0 aliphatic rings. The van der Waals surface area contributed by atoms with Gasteiger partial charge in [0, 0.05) is 13.0 Å². The molecule has 0 heterocycles. The van der Waals surface area contributed by atoms with Crippen LogP contribution in [0.1, 0.15) is 25.3 Å². The minimum atomic E-state index is -3.66. The zero-order valence-electron chi connectivity index (χ0n) is 15.6. The van der Waals surface area contributed by atoms with Crippen LogP contribution in [0.4, 0.5) is 0 Å². The number of nitrogens with one attached hydrogen (secondary N) is 1. The van der Waals surface area contributed by atoms with Crippen LogP contribution in [0.2, 0.25) is 0 Å². The zero-order valence-corrected chi connectivity index (χ0v) is 16.4. The molecule has 2 unspecified atom stereocenters. The van der Waals surface area contributed by atoms with Crippen molar-refractivity contribution < 1.29 is 17.9 Å². The molecular weight excluding hydrogens is 364 g/mol. The molecule has 0 saturated carbocycles. The first kappa shape index (κ1) is 20.9. The van der Waals surface area contributed by atoms with Gasteiger partial charge in [0.2, 0.25) is 5.91 Å². The first-order valence-corrected chi connectivity index (χ1v) is 10.3. The fourth-order valence-electron chi connectivity index (χ4n) is 2.86. The van der Waals surface area contributed by atoms with E-state index in [1.54, 1.807) is 12.1 Å². The summed E-state index contributed by atoms with van der Waals surface area (Å²) in [6.07, 6.45) is 0.528. The van der Waals surface area contributed by atoms with E-state index >= 15 is 0 Å². The standard InChI is InChI=1S/C20H26N2O4S/c1-15(8-13-19(21)23)20(22-14-16-6-4-3-5-7-16)27(24,25)18-11-9-17(26-2)10-12-18/h3-7,9-12,15,20,22H,8,13-14H2,1-2H3,(H2,21,23). The minimum absolute atomic E-state index is 0.142. The molecule has 0 aliphatic carbocycles. The van der Waals surface area contributed by atoms with Gasteiger partial charge < -0.3 is 10.5 Å². The van der Waals surface area contributed by atoms with Gasteiger partial charge in [0.1, 0.15) is 11.1 Å². The topological polar surface area (TPSA) is 98.5 Å². The molecule has 7 heteroatoms. The van der Waals surface area contributed by atoms with E-state index in [0.717, 1.165) is 5.56 Å². The third-order valence-corrected chi connectivity index (χ3v) is 6.66. The summed E-state index contributed by atoms with van der Waals surface area (Å²) in [7, 11) is -2.13. The quantitative estimate of drug-likeness (QED) is 0.649. The molecule has 0 spiro atoms. The Morgan fingerprint density at radius 1 is 1.11 bits per heavy atom. The molecule has 27 heavy (non-hydrogen) atoms. The number of sulfone groups is 1. The van der Waals surface area contributed by atoms with E-state index in [1.165, 1.54) is 19.2 Å². The highest BCUT2D eigenvalue weighted by molar-refractivity contribution is 7.92. The number of hydrogen-bond acceptors (Lipinski definition) is 5. The number of nitrogens with two attached hydrogens (primary N) is 1. The van der Waals surface area contributed by atoms with Crippen LogP contribution in [0, 0.1) is 5.92 Å². The Morgan fingerprint density at radius 2 is 1.74 bits per heavy atom. The smallest absolute Gasteiger partial charge is 0.217 e. The SMILES string of the molecule is COc1ccc(S(=O)(=O)C(NCc2ccccc2)C(C)CCC(N)=O)cc1. The number of ether oxygens (including phenoxy) is 1. The van der Waals surface area contributed by atoms with E-state index in [-0.39, 0.29) is 17.2 Å². The normalized spacial score (nSPS) is 13.7. The van der Waals surface area contributed by atoms with Gasteiger partial charge in [-0.1, -0.05) is 37.3 Å². The Labute approximate surface area is 160 Å². The second-order valence-electron chi connectivity index (χ2n) is 6.49. The van der Waals surface area contributed by atoms with Gasteiger partial charge in [0.15, 0.2) is 9.84 Å². The van der Waals surface area contributed by atoms with Crippen LogP contribution in [0.25, 0.3) is 0 Å². The van der Waals surface area contributed by atoms with Crippen LogP contribution in [0.3, 0.4) is 0 Å². The Balaban J connectivity index is 2.26. The van der Waals surface area contributed by atoms with Crippen molar-refractivity contribution in [2.75, 3.05) is 7.11 Å². The number of methoxy groups -OCH3 is 1. The second-order valence-corrected chi connectivity index (χ2v) is 8.56. The lowest BCUT2D eigenvalue weighted by molar-refractivity contribution is -0.118. The summed E-state index contributed by atoms with van der Waals surface area (Å²) < 4.78 is 31.5. The Kier molecular flexibility index (Phi) is 7.38. The van der Waals surface area contributed by atoms with Crippen LogP contribution in [0.15, 0.2) is 59.5 Å². The summed E-state index contributed by atoms with van der Waals surface area (Å²) >= 11 is 0. The molecule has 0 aromatic heterocycles. The number of primary amides is 1. The molecule has 0 radical (unpaired) electrons. The number of benzene rings is 2. The molecule has 2 aromatic rings. The Bertz CT molecular complexity index is 836. The molecule has 2 aromatic carbocycles. The van der Waals surface area contributed by atoms with Crippen molar-refractivity contribution in [3.05, 3.63) is 60.2 Å². The molecular formula is C20H26N2O4S. The van der Waals surface area contributed by atoms with Gasteiger partial charge in [-0.15, -0.1) is 0 Å². The monoisotopic (exact) mass is 390 g/mol. The lowest BCUT2D eigenvalue weighted by Gasteiger charge is -2.25. The number of amides is 1. The third-order valence-electron chi connectivity index (χ3n) is 4.44.